The molecule has 0 heterocycles. The van der Waals surface area contributed by atoms with Gasteiger partial charge in [0.15, 0.2) is 5.96 Å². The van der Waals surface area contributed by atoms with Crippen molar-refractivity contribution < 1.29 is 4.74 Å². The van der Waals surface area contributed by atoms with Crippen LogP contribution in [-0.4, -0.2) is 39.8 Å². The standard InChI is InChI=1S/C15H31N3O/c1-13(2)6-10-17-14(16-3)18-12-15(7-5-8-15)9-11-19-4/h13H,5-12H2,1-4H3,(H2,16,17,18). The van der Waals surface area contributed by atoms with E-state index in [0.717, 1.165) is 38.0 Å². The van der Waals surface area contributed by atoms with Crippen molar-refractivity contribution in [3.05, 3.63) is 0 Å². The summed E-state index contributed by atoms with van der Waals surface area (Å²) in [6, 6.07) is 0. The Hall–Kier alpha value is -0.770. The van der Waals surface area contributed by atoms with Gasteiger partial charge >= 0.3 is 0 Å². The molecule has 0 aliphatic heterocycles. The highest BCUT2D eigenvalue weighted by Crippen LogP contribution is 2.43. The Balaban J connectivity index is 2.27. The molecule has 1 saturated carbocycles. The van der Waals surface area contributed by atoms with Crippen LogP contribution < -0.4 is 10.6 Å². The molecule has 4 heteroatoms. The second-order valence-electron chi connectivity index (χ2n) is 6.13. The van der Waals surface area contributed by atoms with Gasteiger partial charge in [0.2, 0.25) is 0 Å². The molecular weight excluding hydrogens is 238 g/mol. The highest BCUT2D eigenvalue weighted by Gasteiger charge is 2.36. The topological polar surface area (TPSA) is 45.7 Å². The highest BCUT2D eigenvalue weighted by atomic mass is 16.5. The van der Waals surface area contributed by atoms with E-state index >= 15 is 0 Å². The molecule has 0 radical (unpaired) electrons. The van der Waals surface area contributed by atoms with Crippen LogP contribution in [0.5, 0.6) is 0 Å². The molecule has 0 aromatic rings. The molecule has 1 aliphatic rings. The summed E-state index contributed by atoms with van der Waals surface area (Å²) < 4.78 is 5.22. The lowest BCUT2D eigenvalue weighted by Gasteiger charge is -2.42. The second-order valence-corrected chi connectivity index (χ2v) is 6.13. The number of ether oxygens (including phenoxy) is 1. The van der Waals surface area contributed by atoms with Crippen LogP contribution in [0.2, 0.25) is 0 Å². The smallest absolute Gasteiger partial charge is 0.190 e. The third kappa shape index (κ3) is 5.81. The minimum Gasteiger partial charge on any atom is -0.385 e. The molecule has 19 heavy (non-hydrogen) atoms. The molecule has 0 unspecified atom stereocenters. The Kier molecular flexibility index (Phi) is 7.21. The van der Waals surface area contributed by atoms with E-state index in [-0.39, 0.29) is 0 Å². The van der Waals surface area contributed by atoms with Crippen LogP contribution in [0.4, 0.5) is 0 Å². The summed E-state index contributed by atoms with van der Waals surface area (Å²) in [6.07, 6.45) is 6.30. The molecule has 4 nitrogen and oxygen atoms in total. The largest absolute Gasteiger partial charge is 0.385 e. The first kappa shape index (κ1) is 16.3. The molecular formula is C15H31N3O. The van der Waals surface area contributed by atoms with Crippen molar-refractivity contribution in [2.45, 2.75) is 46.0 Å². The van der Waals surface area contributed by atoms with Crippen LogP contribution in [-0.2, 0) is 4.74 Å². The molecule has 0 amide bonds. The number of nitrogens with one attached hydrogen (secondary N) is 2. The number of rotatable bonds is 8. The molecule has 1 fully saturated rings. The second kappa shape index (κ2) is 8.41. The van der Waals surface area contributed by atoms with E-state index < -0.39 is 0 Å². The van der Waals surface area contributed by atoms with Crippen LogP contribution in [0.25, 0.3) is 0 Å². The van der Waals surface area contributed by atoms with Crippen LogP contribution >= 0.6 is 0 Å². The fraction of sp³-hybridized carbons (Fsp3) is 0.933. The van der Waals surface area contributed by atoms with Crippen LogP contribution in [0.1, 0.15) is 46.0 Å². The minimum absolute atomic E-state index is 0.436. The molecule has 0 atom stereocenters. The zero-order valence-electron chi connectivity index (χ0n) is 13.1. The van der Waals surface area contributed by atoms with Crippen molar-refractivity contribution in [3.8, 4) is 0 Å². The zero-order valence-corrected chi connectivity index (χ0v) is 13.1. The molecule has 1 rings (SSSR count). The summed E-state index contributed by atoms with van der Waals surface area (Å²) in [6.45, 7) is 7.35. The fourth-order valence-electron chi connectivity index (χ4n) is 2.48. The lowest BCUT2D eigenvalue weighted by Crippen LogP contribution is -2.47. The lowest BCUT2D eigenvalue weighted by molar-refractivity contribution is 0.0732. The molecule has 1 aliphatic carbocycles. The van der Waals surface area contributed by atoms with Gasteiger partial charge in [-0.1, -0.05) is 20.3 Å². The maximum atomic E-state index is 5.22. The number of methoxy groups -OCH3 is 1. The summed E-state index contributed by atoms with van der Waals surface area (Å²) in [4.78, 5) is 4.29. The van der Waals surface area contributed by atoms with Gasteiger partial charge in [0, 0.05) is 33.9 Å². The Bertz CT molecular complexity index is 273. The summed E-state index contributed by atoms with van der Waals surface area (Å²) in [5.74, 6) is 1.66. The van der Waals surface area contributed by atoms with Gasteiger partial charge in [-0.3, -0.25) is 4.99 Å². The molecule has 0 spiro atoms. The lowest BCUT2D eigenvalue weighted by atomic mass is 9.67. The summed E-state index contributed by atoms with van der Waals surface area (Å²) >= 11 is 0. The summed E-state index contributed by atoms with van der Waals surface area (Å²) in [5.41, 5.74) is 0.436. The van der Waals surface area contributed by atoms with Gasteiger partial charge in [0.05, 0.1) is 0 Å². The van der Waals surface area contributed by atoms with Crippen LogP contribution in [0, 0.1) is 11.3 Å². The quantitative estimate of drug-likeness (QED) is 0.525. The molecule has 2 N–H and O–H groups in total. The van der Waals surface area contributed by atoms with Crippen molar-refractivity contribution in [1.82, 2.24) is 10.6 Å². The van der Waals surface area contributed by atoms with Crippen molar-refractivity contribution in [3.63, 3.8) is 0 Å². The van der Waals surface area contributed by atoms with Gasteiger partial charge in [-0.25, -0.2) is 0 Å². The maximum absolute atomic E-state index is 5.22. The van der Waals surface area contributed by atoms with Gasteiger partial charge in [-0.05, 0) is 37.0 Å². The van der Waals surface area contributed by atoms with Gasteiger partial charge < -0.3 is 15.4 Å². The predicted octanol–water partition coefficient (Wildman–Crippen LogP) is 2.40. The number of nitrogens with zero attached hydrogens (tertiary/aromatic N) is 1. The van der Waals surface area contributed by atoms with Gasteiger partial charge in [0.1, 0.15) is 0 Å². The molecule has 0 aromatic heterocycles. The maximum Gasteiger partial charge on any atom is 0.190 e. The molecule has 0 bridgehead atoms. The van der Waals surface area contributed by atoms with Gasteiger partial charge in [-0.15, -0.1) is 0 Å². The number of guanidine groups is 1. The van der Waals surface area contributed by atoms with E-state index in [1.54, 1.807) is 7.11 Å². The van der Waals surface area contributed by atoms with E-state index in [4.69, 9.17) is 4.74 Å². The third-order valence-corrected chi connectivity index (χ3v) is 4.12. The normalized spacial score (nSPS) is 18.3. The van der Waals surface area contributed by atoms with Crippen molar-refractivity contribution >= 4 is 5.96 Å². The Labute approximate surface area is 118 Å². The first-order chi connectivity index (χ1) is 9.12. The summed E-state index contributed by atoms with van der Waals surface area (Å²) in [7, 11) is 3.62. The SMILES string of the molecule is CN=C(NCCC(C)C)NCC1(CCOC)CCC1. The number of hydrogen-bond acceptors (Lipinski definition) is 2. The van der Waals surface area contributed by atoms with E-state index in [0.29, 0.717) is 5.41 Å². The Morgan fingerprint density at radius 3 is 2.53 bits per heavy atom. The average Bonchev–Trinajstić information content (AvgIpc) is 2.34. The predicted molar refractivity (Wildman–Crippen MR) is 81.6 cm³/mol. The highest BCUT2D eigenvalue weighted by molar-refractivity contribution is 5.79. The fourth-order valence-corrected chi connectivity index (χ4v) is 2.48. The monoisotopic (exact) mass is 269 g/mol. The molecule has 112 valence electrons. The van der Waals surface area contributed by atoms with Gasteiger partial charge in [-0.2, -0.15) is 0 Å². The van der Waals surface area contributed by atoms with Crippen molar-refractivity contribution in [2.24, 2.45) is 16.3 Å². The van der Waals surface area contributed by atoms with E-state index in [9.17, 15) is 0 Å². The summed E-state index contributed by atoms with van der Waals surface area (Å²) in [5, 5.41) is 6.86. The zero-order chi connectivity index (χ0) is 14.1. The Morgan fingerprint density at radius 1 is 1.32 bits per heavy atom. The first-order valence-electron chi connectivity index (χ1n) is 7.55. The third-order valence-electron chi connectivity index (χ3n) is 4.12. The van der Waals surface area contributed by atoms with E-state index in [1.807, 2.05) is 7.05 Å². The van der Waals surface area contributed by atoms with Crippen LogP contribution in [0.3, 0.4) is 0 Å². The average molecular weight is 269 g/mol. The molecule has 0 aromatic carbocycles. The van der Waals surface area contributed by atoms with Gasteiger partial charge in [0.25, 0.3) is 0 Å². The van der Waals surface area contributed by atoms with Crippen molar-refractivity contribution in [2.75, 3.05) is 33.9 Å². The number of aliphatic imine (C=N–C) groups is 1. The van der Waals surface area contributed by atoms with E-state index in [2.05, 4.69) is 29.5 Å². The minimum atomic E-state index is 0.436. The first-order valence-corrected chi connectivity index (χ1v) is 7.55. The van der Waals surface area contributed by atoms with E-state index in [1.165, 1.54) is 25.7 Å². The number of hydrogen-bond donors (Lipinski definition) is 2. The molecule has 0 saturated heterocycles. The Morgan fingerprint density at radius 2 is 2.05 bits per heavy atom. The van der Waals surface area contributed by atoms with Crippen LogP contribution in [0.15, 0.2) is 4.99 Å². The van der Waals surface area contributed by atoms with Crippen molar-refractivity contribution in [1.29, 1.82) is 0 Å².